The molecule has 0 saturated carbocycles. The normalized spacial score (nSPS) is 14.7. The van der Waals surface area contributed by atoms with Gasteiger partial charge in [0.1, 0.15) is 7.85 Å². The van der Waals surface area contributed by atoms with E-state index in [0.717, 1.165) is 30.1 Å². The largest absolute Gasteiger partial charge is 0.400 e. The molecule has 0 fully saturated rings. The van der Waals surface area contributed by atoms with Gasteiger partial charge in [-0.2, -0.15) is 23.5 Å². The molecule has 0 aliphatic carbocycles. The van der Waals surface area contributed by atoms with Crippen molar-refractivity contribution >= 4 is 31.4 Å². The van der Waals surface area contributed by atoms with Crippen LogP contribution in [0.25, 0.3) is 0 Å². The summed E-state index contributed by atoms with van der Waals surface area (Å²) < 4.78 is 0. The summed E-state index contributed by atoms with van der Waals surface area (Å²) in [6.07, 6.45) is 3.38. The van der Waals surface area contributed by atoms with Crippen molar-refractivity contribution in [2.75, 3.05) is 5.75 Å². The Hall–Kier alpha value is -0.835. The fourth-order valence-corrected chi connectivity index (χ4v) is 5.03. The Kier molecular flexibility index (Phi) is 9.73. The zero-order valence-electron chi connectivity index (χ0n) is 15.6. The van der Waals surface area contributed by atoms with Gasteiger partial charge in [-0.15, -0.1) is 0 Å². The Morgan fingerprint density at radius 1 is 0.923 bits per heavy atom. The van der Waals surface area contributed by atoms with Crippen LogP contribution >= 0.6 is 23.5 Å². The molecule has 4 heteroatoms. The van der Waals surface area contributed by atoms with Gasteiger partial charge in [0.05, 0.1) is 0 Å². The highest BCUT2D eigenvalue weighted by molar-refractivity contribution is 7.99. The summed E-state index contributed by atoms with van der Waals surface area (Å²) in [6.45, 7) is 1.95. The third kappa shape index (κ3) is 8.70. The van der Waals surface area contributed by atoms with Crippen molar-refractivity contribution in [1.82, 2.24) is 0 Å². The maximum Gasteiger partial charge on any atom is 0.113 e. The van der Waals surface area contributed by atoms with Gasteiger partial charge in [-0.25, -0.2) is 0 Å². The van der Waals surface area contributed by atoms with Gasteiger partial charge in [-0.05, 0) is 42.6 Å². The highest BCUT2D eigenvalue weighted by atomic mass is 32.2. The summed E-state index contributed by atoms with van der Waals surface area (Å²) in [7, 11) is 5.94. The maximum absolute atomic E-state index is 10.1. The molecule has 2 unspecified atom stereocenters. The average molecular weight is 384 g/mol. The van der Waals surface area contributed by atoms with E-state index in [-0.39, 0.29) is 0 Å². The molecular formula is C22H29BOS2. The van der Waals surface area contributed by atoms with Crippen LogP contribution in [0.15, 0.2) is 60.7 Å². The minimum atomic E-state index is -1.03. The highest BCUT2D eigenvalue weighted by Gasteiger charge is 2.20. The van der Waals surface area contributed by atoms with E-state index in [1.54, 1.807) is 0 Å². The number of hydrogen-bond donors (Lipinski definition) is 1. The van der Waals surface area contributed by atoms with Crippen molar-refractivity contribution < 1.29 is 5.11 Å². The van der Waals surface area contributed by atoms with Crippen LogP contribution < -0.4 is 0 Å². The van der Waals surface area contributed by atoms with Crippen molar-refractivity contribution in [2.24, 2.45) is 0 Å². The third-order valence-electron chi connectivity index (χ3n) is 4.54. The average Bonchev–Trinajstić information content (AvgIpc) is 2.68. The van der Waals surface area contributed by atoms with Crippen molar-refractivity contribution in [2.45, 2.75) is 54.9 Å². The van der Waals surface area contributed by atoms with Gasteiger partial charge >= 0.3 is 0 Å². The molecule has 0 aliphatic heterocycles. The van der Waals surface area contributed by atoms with Crippen molar-refractivity contribution in [3.63, 3.8) is 0 Å². The quantitative estimate of drug-likeness (QED) is 0.377. The summed E-state index contributed by atoms with van der Waals surface area (Å²) >= 11 is 3.98. The number of hydrogen-bond acceptors (Lipinski definition) is 3. The minimum absolute atomic E-state index is 0.528. The van der Waals surface area contributed by atoms with E-state index in [1.165, 1.54) is 11.1 Å². The lowest BCUT2D eigenvalue weighted by Gasteiger charge is -2.25. The van der Waals surface area contributed by atoms with E-state index in [0.29, 0.717) is 18.1 Å². The van der Waals surface area contributed by atoms with Crippen molar-refractivity contribution in [3.8, 4) is 0 Å². The molecule has 2 rings (SSSR count). The molecule has 0 amide bonds. The zero-order valence-corrected chi connectivity index (χ0v) is 17.3. The highest BCUT2D eigenvalue weighted by Crippen LogP contribution is 2.28. The number of thioether (sulfide) groups is 2. The van der Waals surface area contributed by atoms with Gasteiger partial charge in [0.15, 0.2) is 0 Å². The molecule has 0 aromatic heterocycles. The second-order valence-electron chi connectivity index (χ2n) is 6.74. The monoisotopic (exact) mass is 384 g/mol. The van der Waals surface area contributed by atoms with Gasteiger partial charge < -0.3 is 5.11 Å². The molecular weight excluding hydrogens is 355 g/mol. The zero-order chi connectivity index (χ0) is 18.7. The first kappa shape index (κ1) is 21.5. The second kappa shape index (κ2) is 11.8. The first-order valence-electron chi connectivity index (χ1n) is 9.37. The summed E-state index contributed by atoms with van der Waals surface area (Å²) in [6, 6.07) is 21.2. The molecule has 1 nitrogen and oxygen atoms in total. The Bertz CT molecular complexity index is 604. The number of aliphatic hydroxyl groups is 1. The van der Waals surface area contributed by atoms with E-state index in [9.17, 15) is 5.11 Å². The van der Waals surface area contributed by atoms with Crippen LogP contribution in [0.4, 0.5) is 0 Å². The van der Waals surface area contributed by atoms with Gasteiger partial charge in [-0.3, -0.25) is 0 Å². The SMILES string of the molecule is [B]C(O)(CC)CCC(CCSCc1ccccc1)SCc1ccccc1. The van der Waals surface area contributed by atoms with E-state index in [4.69, 9.17) is 7.85 Å². The van der Waals surface area contributed by atoms with Gasteiger partial charge in [0, 0.05) is 22.3 Å². The smallest absolute Gasteiger partial charge is 0.113 e. The molecule has 0 aliphatic rings. The van der Waals surface area contributed by atoms with Crippen LogP contribution in [0.1, 0.15) is 43.7 Å². The first-order chi connectivity index (χ1) is 12.6. The van der Waals surface area contributed by atoms with E-state index < -0.39 is 5.50 Å². The van der Waals surface area contributed by atoms with Crippen molar-refractivity contribution in [1.29, 1.82) is 0 Å². The standard InChI is InChI=1S/C22H29BOS2/c1-2-22(23,24)15-13-21(26-18-20-11-7-4-8-12-20)14-16-25-17-19-9-5-3-6-10-19/h3-12,21,24H,2,13-18H2,1H3. The predicted molar refractivity (Wildman–Crippen MR) is 119 cm³/mol. The molecule has 2 aromatic carbocycles. The van der Waals surface area contributed by atoms with E-state index in [2.05, 4.69) is 60.7 Å². The molecule has 1 N–H and O–H groups in total. The Morgan fingerprint density at radius 2 is 1.50 bits per heavy atom. The van der Waals surface area contributed by atoms with Crippen LogP contribution in [-0.4, -0.2) is 29.5 Å². The molecule has 0 bridgehead atoms. The number of benzene rings is 2. The fourth-order valence-electron chi connectivity index (χ4n) is 2.67. The van der Waals surface area contributed by atoms with Crippen LogP contribution in [0.5, 0.6) is 0 Å². The summed E-state index contributed by atoms with van der Waals surface area (Å²) in [4.78, 5) is 0. The third-order valence-corrected chi connectivity index (χ3v) is 7.04. The number of rotatable bonds is 12. The Labute approximate surface area is 168 Å². The molecule has 0 heterocycles. The first-order valence-corrected chi connectivity index (χ1v) is 11.6. The molecule has 0 saturated heterocycles. The van der Waals surface area contributed by atoms with Gasteiger partial charge in [0.25, 0.3) is 0 Å². The fraction of sp³-hybridized carbons (Fsp3) is 0.455. The topological polar surface area (TPSA) is 20.2 Å². The second-order valence-corrected chi connectivity index (χ2v) is 9.14. The predicted octanol–water partition coefficient (Wildman–Crippen LogP) is 5.66. The van der Waals surface area contributed by atoms with Gasteiger partial charge in [-0.1, -0.05) is 67.6 Å². The molecule has 2 radical (unpaired) electrons. The molecule has 26 heavy (non-hydrogen) atoms. The molecule has 0 spiro atoms. The summed E-state index contributed by atoms with van der Waals surface area (Å²) in [5.74, 6) is 3.22. The summed E-state index contributed by atoms with van der Waals surface area (Å²) in [5.41, 5.74) is 1.72. The van der Waals surface area contributed by atoms with E-state index >= 15 is 0 Å². The van der Waals surface area contributed by atoms with Gasteiger partial charge in [0.2, 0.25) is 0 Å². The minimum Gasteiger partial charge on any atom is -0.400 e. The van der Waals surface area contributed by atoms with E-state index in [1.807, 2.05) is 30.4 Å². The van der Waals surface area contributed by atoms with Crippen LogP contribution in [0.3, 0.4) is 0 Å². The van der Waals surface area contributed by atoms with Crippen LogP contribution in [0.2, 0.25) is 0 Å². The molecule has 2 atom stereocenters. The Morgan fingerprint density at radius 3 is 2.08 bits per heavy atom. The lowest BCUT2D eigenvalue weighted by atomic mass is 9.75. The summed E-state index contributed by atoms with van der Waals surface area (Å²) in [5, 5.41) is 10.7. The van der Waals surface area contributed by atoms with Crippen molar-refractivity contribution in [3.05, 3.63) is 71.8 Å². The van der Waals surface area contributed by atoms with Crippen LogP contribution in [-0.2, 0) is 11.5 Å². The maximum atomic E-state index is 10.1. The molecule has 138 valence electrons. The molecule has 2 aromatic rings. The lowest BCUT2D eigenvalue weighted by molar-refractivity contribution is 0.111. The lowest BCUT2D eigenvalue weighted by Crippen LogP contribution is -2.29. The Balaban J connectivity index is 1.79. The van der Waals surface area contributed by atoms with Crippen LogP contribution in [0, 0.1) is 0 Å².